The van der Waals surface area contributed by atoms with Gasteiger partial charge in [0.1, 0.15) is 8.07 Å². The summed E-state index contributed by atoms with van der Waals surface area (Å²) in [4.78, 5) is 0. The molecule has 0 aliphatic carbocycles. The van der Waals surface area contributed by atoms with E-state index in [2.05, 4.69) is 63.5 Å². The highest BCUT2D eigenvalue weighted by molar-refractivity contribution is 6.97. The molecule has 0 N–H and O–H groups in total. The topological polar surface area (TPSA) is 0 Å². The van der Waals surface area contributed by atoms with Gasteiger partial charge in [0, 0.05) is 0 Å². The zero-order valence-corrected chi connectivity index (χ0v) is 14.5. The van der Waals surface area contributed by atoms with E-state index in [0.717, 1.165) is 0 Å². The normalized spacial score (nSPS) is 22.3. The maximum atomic E-state index is 2.54. The molecule has 0 bridgehead atoms. The summed E-state index contributed by atoms with van der Waals surface area (Å²) in [6, 6.07) is 11.3. The largest absolute Gasteiger partial charge is 0.107 e. The van der Waals surface area contributed by atoms with Gasteiger partial charge < -0.3 is 0 Å². The average molecular weight is 275 g/mol. The predicted octanol–water partition coefficient (Wildman–Crippen LogP) is 4.37. The van der Waals surface area contributed by atoms with E-state index in [1.165, 1.54) is 23.7 Å². The van der Waals surface area contributed by atoms with Crippen molar-refractivity contribution >= 4 is 27.4 Å². The predicted molar refractivity (Wildman–Crippen MR) is 88.9 cm³/mol. The Kier molecular flexibility index (Phi) is 3.70. The Balaban J connectivity index is 2.32. The summed E-state index contributed by atoms with van der Waals surface area (Å²) in [5, 5.41) is 1.68. The van der Waals surface area contributed by atoms with E-state index in [-0.39, 0.29) is 0 Å². The van der Waals surface area contributed by atoms with E-state index < -0.39 is 16.1 Å². The molecule has 0 spiro atoms. The molecule has 98 valence electrons. The van der Waals surface area contributed by atoms with Gasteiger partial charge in [0.25, 0.3) is 0 Å². The van der Waals surface area contributed by atoms with Crippen LogP contribution in [0.4, 0.5) is 0 Å². The van der Waals surface area contributed by atoms with Crippen molar-refractivity contribution in [1.82, 2.24) is 0 Å². The number of benzene rings is 1. The Morgan fingerprint density at radius 2 is 1.89 bits per heavy atom. The molecule has 0 radical (unpaired) electrons. The van der Waals surface area contributed by atoms with E-state index in [1.807, 2.05) is 0 Å². The van der Waals surface area contributed by atoms with Crippen LogP contribution in [0.1, 0.15) is 25.0 Å². The first-order valence-electron chi connectivity index (χ1n) is 7.23. The zero-order valence-electron chi connectivity index (χ0n) is 12.5. The van der Waals surface area contributed by atoms with E-state index in [4.69, 9.17) is 0 Å². The van der Waals surface area contributed by atoms with Crippen molar-refractivity contribution in [2.45, 2.75) is 51.6 Å². The van der Waals surface area contributed by atoms with Crippen molar-refractivity contribution in [3.8, 4) is 0 Å². The summed E-state index contributed by atoms with van der Waals surface area (Å²) in [5.74, 6) is 0. The summed E-state index contributed by atoms with van der Waals surface area (Å²) >= 11 is 0. The molecule has 1 atom stereocenters. The van der Waals surface area contributed by atoms with Crippen molar-refractivity contribution in [2.24, 2.45) is 0 Å². The second-order valence-electron chi connectivity index (χ2n) is 6.72. The Morgan fingerprint density at radius 1 is 1.17 bits per heavy atom. The van der Waals surface area contributed by atoms with Crippen LogP contribution in [0.15, 0.2) is 23.9 Å². The van der Waals surface area contributed by atoms with Gasteiger partial charge >= 0.3 is 0 Å². The second kappa shape index (κ2) is 4.82. The van der Waals surface area contributed by atoms with E-state index in [9.17, 15) is 0 Å². The first kappa shape index (κ1) is 13.8. The van der Waals surface area contributed by atoms with Gasteiger partial charge in [-0.25, -0.2) is 0 Å². The van der Waals surface area contributed by atoms with Crippen molar-refractivity contribution in [3.05, 3.63) is 35.0 Å². The summed E-state index contributed by atoms with van der Waals surface area (Å²) in [7, 11) is -2.28. The summed E-state index contributed by atoms with van der Waals surface area (Å²) < 4.78 is 0. The Bertz CT molecular complexity index is 474. The second-order valence-corrected chi connectivity index (χ2v) is 16.5. The fourth-order valence-electron chi connectivity index (χ4n) is 2.70. The molecule has 0 saturated heterocycles. The minimum Gasteiger partial charge on any atom is -0.0895 e. The number of hydrogen-bond donors (Lipinski definition) is 0. The molecule has 0 amide bonds. The van der Waals surface area contributed by atoms with Crippen LogP contribution >= 0.6 is 0 Å². The van der Waals surface area contributed by atoms with Crippen LogP contribution in [0.5, 0.6) is 0 Å². The lowest BCUT2D eigenvalue weighted by Crippen LogP contribution is -2.41. The van der Waals surface area contributed by atoms with Gasteiger partial charge in [-0.05, 0) is 16.8 Å². The van der Waals surface area contributed by atoms with Gasteiger partial charge in [-0.1, -0.05) is 81.1 Å². The fourth-order valence-corrected chi connectivity index (χ4v) is 6.96. The van der Waals surface area contributed by atoms with Crippen LogP contribution in [-0.4, -0.2) is 16.1 Å². The van der Waals surface area contributed by atoms with Gasteiger partial charge in [0.2, 0.25) is 0 Å². The lowest BCUT2D eigenvalue weighted by Gasteiger charge is -2.23. The highest BCUT2D eigenvalue weighted by Crippen LogP contribution is 2.24. The van der Waals surface area contributed by atoms with Crippen LogP contribution in [0, 0.1) is 0 Å². The molecule has 1 aromatic carbocycles. The fraction of sp³-hybridized carbons (Fsp3) is 0.500. The van der Waals surface area contributed by atoms with Crippen molar-refractivity contribution in [3.63, 3.8) is 0 Å². The van der Waals surface area contributed by atoms with Gasteiger partial charge in [-0.15, -0.1) is 0 Å². The molecule has 0 saturated carbocycles. The maximum absolute atomic E-state index is 2.54. The van der Waals surface area contributed by atoms with Gasteiger partial charge in [0.15, 0.2) is 0 Å². The minimum atomic E-state index is -1.26. The van der Waals surface area contributed by atoms with E-state index in [1.54, 1.807) is 10.8 Å². The van der Waals surface area contributed by atoms with Crippen molar-refractivity contribution in [2.75, 3.05) is 0 Å². The van der Waals surface area contributed by atoms with Gasteiger partial charge in [-0.3, -0.25) is 0 Å². The third kappa shape index (κ3) is 2.55. The summed E-state index contributed by atoms with van der Waals surface area (Å²) in [6.45, 7) is 12.2. The number of hydrogen-bond acceptors (Lipinski definition) is 0. The van der Waals surface area contributed by atoms with E-state index in [0.29, 0.717) is 0 Å². The lowest BCUT2D eigenvalue weighted by atomic mass is 10.1. The molecule has 2 rings (SSSR count). The number of fused-ring (bicyclic) bond motifs is 1. The van der Waals surface area contributed by atoms with Crippen LogP contribution in [0.2, 0.25) is 31.7 Å². The first-order valence-corrected chi connectivity index (χ1v) is 13.4. The quantitative estimate of drug-likeness (QED) is 0.715. The van der Waals surface area contributed by atoms with E-state index >= 15 is 0 Å². The third-order valence-corrected chi connectivity index (χ3v) is 12.1. The molecular formula is C16H26Si2. The first-order chi connectivity index (χ1) is 8.40. The Hall–Kier alpha value is -0.606. The highest BCUT2D eigenvalue weighted by Gasteiger charge is 2.31. The Morgan fingerprint density at radius 3 is 2.50 bits per heavy atom. The van der Waals surface area contributed by atoms with Gasteiger partial charge in [0.05, 0.1) is 8.07 Å². The molecule has 2 heteroatoms. The summed E-state index contributed by atoms with van der Waals surface area (Å²) in [5.41, 5.74) is 5.60. The monoisotopic (exact) mass is 274 g/mol. The number of rotatable bonds is 4. The lowest BCUT2D eigenvalue weighted by molar-refractivity contribution is 1.23. The highest BCUT2D eigenvalue weighted by atomic mass is 28.3. The molecule has 18 heavy (non-hydrogen) atoms. The SMILES string of the molecule is CC[Si](C)(C)Cc1ccc2c(c1)[Si](C)(CC)C=C2. The zero-order chi connectivity index (χ0) is 13.4. The van der Waals surface area contributed by atoms with Crippen LogP contribution in [0.25, 0.3) is 6.08 Å². The molecule has 1 heterocycles. The smallest absolute Gasteiger partial charge is 0.0895 e. The minimum absolute atomic E-state index is 1.01. The van der Waals surface area contributed by atoms with Crippen LogP contribution in [0.3, 0.4) is 0 Å². The Labute approximate surface area is 114 Å². The molecule has 1 aliphatic rings. The van der Waals surface area contributed by atoms with Crippen LogP contribution < -0.4 is 5.19 Å². The average Bonchev–Trinajstić information content (AvgIpc) is 2.68. The van der Waals surface area contributed by atoms with Crippen molar-refractivity contribution < 1.29 is 0 Å². The standard InChI is InChI=1S/C16H26Si2/c1-6-17(3,4)13-14-8-9-15-10-11-18(5,7-2)16(15)12-14/h8-12H,6-7,13H2,1-5H3. The summed E-state index contributed by atoms with van der Waals surface area (Å²) in [6.07, 6.45) is 2.36. The molecule has 0 nitrogen and oxygen atoms in total. The molecule has 1 unspecified atom stereocenters. The molecule has 1 aliphatic heterocycles. The van der Waals surface area contributed by atoms with Crippen molar-refractivity contribution in [1.29, 1.82) is 0 Å². The van der Waals surface area contributed by atoms with Crippen LogP contribution in [-0.2, 0) is 6.04 Å². The molecule has 0 aromatic heterocycles. The molecule has 1 aromatic rings. The maximum Gasteiger partial charge on any atom is 0.107 e. The molecule has 0 fully saturated rings. The van der Waals surface area contributed by atoms with Gasteiger partial charge in [-0.2, -0.15) is 0 Å². The molecular weight excluding hydrogens is 248 g/mol. The third-order valence-electron chi connectivity index (χ3n) is 4.74.